The minimum Gasteiger partial charge on any atom is -0.306 e. The highest BCUT2D eigenvalue weighted by Gasteiger charge is 2.11. The number of benzene rings is 1. The van der Waals surface area contributed by atoms with Crippen LogP contribution in [0.15, 0.2) is 42.2 Å². The van der Waals surface area contributed by atoms with Gasteiger partial charge in [-0.1, -0.05) is 44.2 Å². The topological polar surface area (TPSA) is 27.3 Å². The van der Waals surface area contributed by atoms with Crippen molar-refractivity contribution < 1.29 is 0 Å². The molecule has 0 saturated heterocycles. The summed E-state index contributed by atoms with van der Waals surface area (Å²) in [6.45, 7) is 5.45. The van der Waals surface area contributed by atoms with Gasteiger partial charge in [-0.2, -0.15) is 0 Å². The van der Waals surface area contributed by atoms with E-state index in [0.717, 1.165) is 19.4 Å². The molecule has 17 heavy (non-hydrogen) atoms. The molecule has 0 saturated carbocycles. The van der Waals surface area contributed by atoms with Crippen molar-refractivity contribution in [3.8, 4) is 0 Å². The summed E-state index contributed by atoms with van der Waals surface area (Å²) < 4.78 is 0. The number of rotatable bonds is 5. The van der Waals surface area contributed by atoms with E-state index >= 15 is 0 Å². The van der Waals surface area contributed by atoms with Gasteiger partial charge in [-0.05, 0) is 24.3 Å². The molecule has 0 spiro atoms. The summed E-state index contributed by atoms with van der Waals surface area (Å²) in [4.78, 5) is 0. The molecule has 2 rings (SSSR count). The predicted molar refractivity (Wildman–Crippen MR) is 70.7 cm³/mol. The predicted octanol–water partition coefficient (Wildman–Crippen LogP) is 2.44. The van der Waals surface area contributed by atoms with Crippen LogP contribution in [0.25, 0.3) is 0 Å². The van der Waals surface area contributed by atoms with Crippen molar-refractivity contribution in [1.82, 2.24) is 16.0 Å². The van der Waals surface area contributed by atoms with Gasteiger partial charge in [0.15, 0.2) is 0 Å². The van der Waals surface area contributed by atoms with E-state index in [9.17, 15) is 0 Å². The Morgan fingerprint density at radius 3 is 2.65 bits per heavy atom. The van der Waals surface area contributed by atoms with Gasteiger partial charge in [-0.3, -0.25) is 5.01 Å². The molecule has 92 valence electrons. The van der Waals surface area contributed by atoms with Crippen LogP contribution in [0.5, 0.6) is 0 Å². The Kier molecular flexibility index (Phi) is 4.04. The van der Waals surface area contributed by atoms with Crippen molar-refractivity contribution in [2.75, 3.05) is 6.54 Å². The van der Waals surface area contributed by atoms with Crippen LogP contribution in [0.1, 0.15) is 25.8 Å². The first-order valence-corrected chi connectivity index (χ1v) is 6.27. The first-order valence-electron chi connectivity index (χ1n) is 6.27. The molecule has 0 radical (unpaired) electrons. The van der Waals surface area contributed by atoms with Gasteiger partial charge in [0.05, 0.1) is 0 Å². The van der Waals surface area contributed by atoms with Gasteiger partial charge in [0.25, 0.3) is 0 Å². The summed E-state index contributed by atoms with van der Waals surface area (Å²) in [5, 5.41) is 2.12. The first kappa shape index (κ1) is 12.0. The van der Waals surface area contributed by atoms with Crippen molar-refractivity contribution in [3.05, 3.63) is 47.8 Å². The van der Waals surface area contributed by atoms with E-state index in [1.54, 1.807) is 0 Å². The highest BCUT2D eigenvalue weighted by atomic mass is 15.7. The van der Waals surface area contributed by atoms with Crippen LogP contribution >= 0.6 is 0 Å². The van der Waals surface area contributed by atoms with Gasteiger partial charge in [0.1, 0.15) is 0 Å². The van der Waals surface area contributed by atoms with Crippen LogP contribution in [0, 0.1) is 5.92 Å². The lowest BCUT2D eigenvalue weighted by Crippen LogP contribution is -2.37. The van der Waals surface area contributed by atoms with Gasteiger partial charge in [-0.15, -0.1) is 5.53 Å². The summed E-state index contributed by atoms with van der Waals surface area (Å²) >= 11 is 0. The molecule has 1 aliphatic rings. The first-order chi connectivity index (χ1) is 8.24. The summed E-state index contributed by atoms with van der Waals surface area (Å²) in [6, 6.07) is 10.6. The van der Waals surface area contributed by atoms with Crippen molar-refractivity contribution in [3.63, 3.8) is 0 Å². The summed E-state index contributed by atoms with van der Waals surface area (Å²) in [6.07, 6.45) is 4.32. The SMILES string of the molecule is CC(C)CC1=CN(CCc2ccccc2)NN1. The second kappa shape index (κ2) is 5.73. The quantitative estimate of drug-likeness (QED) is 0.815. The molecule has 1 heterocycles. The van der Waals surface area contributed by atoms with Gasteiger partial charge in [0.2, 0.25) is 0 Å². The van der Waals surface area contributed by atoms with Crippen LogP contribution in [0.3, 0.4) is 0 Å². The largest absolute Gasteiger partial charge is 0.306 e. The van der Waals surface area contributed by atoms with Crippen LogP contribution in [0.2, 0.25) is 0 Å². The average molecular weight is 231 g/mol. The fourth-order valence-corrected chi connectivity index (χ4v) is 1.95. The molecule has 0 amide bonds. The molecular formula is C14H21N3. The number of hydrogen-bond donors (Lipinski definition) is 2. The van der Waals surface area contributed by atoms with Crippen LogP contribution < -0.4 is 11.0 Å². The standard InChI is InChI=1S/C14H21N3/c1-12(2)10-14-11-17(16-15-14)9-8-13-6-4-3-5-7-13/h3-7,11-12,15-16H,8-10H2,1-2H3. The number of hydrazine groups is 2. The molecule has 3 nitrogen and oxygen atoms in total. The molecule has 1 aliphatic heterocycles. The lowest BCUT2D eigenvalue weighted by atomic mass is 10.1. The molecular weight excluding hydrogens is 210 g/mol. The van der Waals surface area contributed by atoms with Gasteiger partial charge < -0.3 is 5.43 Å². The highest BCUT2D eigenvalue weighted by Crippen LogP contribution is 2.11. The Hall–Kier alpha value is -1.48. The van der Waals surface area contributed by atoms with E-state index in [-0.39, 0.29) is 0 Å². The second-order valence-electron chi connectivity index (χ2n) is 4.92. The smallest absolute Gasteiger partial charge is 0.0456 e. The highest BCUT2D eigenvalue weighted by molar-refractivity contribution is 5.15. The minimum atomic E-state index is 0.685. The van der Waals surface area contributed by atoms with E-state index in [1.807, 2.05) is 0 Å². The van der Waals surface area contributed by atoms with Gasteiger partial charge in [0, 0.05) is 18.4 Å². The summed E-state index contributed by atoms with van der Waals surface area (Å²) in [5.41, 5.74) is 9.03. The molecule has 3 heteroatoms. The maximum atomic E-state index is 3.21. The maximum Gasteiger partial charge on any atom is 0.0456 e. The number of nitrogens with one attached hydrogen (secondary N) is 2. The Morgan fingerprint density at radius 1 is 1.18 bits per heavy atom. The van der Waals surface area contributed by atoms with Crippen molar-refractivity contribution in [2.45, 2.75) is 26.7 Å². The van der Waals surface area contributed by atoms with Crippen molar-refractivity contribution >= 4 is 0 Å². The molecule has 0 unspecified atom stereocenters. The normalized spacial score (nSPS) is 15.0. The molecule has 0 bridgehead atoms. The monoisotopic (exact) mass is 231 g/mol. The third kappa shape index (κ3) is 3.79. The molecule has 0 atom stereocenters. The number of allylic oxidation sites excluding steroid dienone is 1. The van der Waals surface area contributed by atoms with E-state index in [0.29, 0.717) is 5.92 Å². The van der Waals surface area contributed by atoms with Crippen LogP contribution in [-0.4, -0.2) is 11.6 Å². The third-order valence-electron chi connectivity index (χ3n) is 2.78. The number of hydrogen-bond acceptors (Lipinski definition) is 3. The van der Waals surface area contributed by atoms with Crippen LogP contribution in [0.4, 0.5) is 0 Å². The van der Waals surface area contributed by atoms with Crippen LogP contribution in [-0.2, 0) is 6.42 Å². The van der Waals surface area contributed by atoms with Crippen molar-refractivity contribution in [2.24, 2.45) is 5.92 Å². The molecule has 2 N–H and O–H groups in total. The third-order valence-corrected chi connectivity index (χ3v) is 2.78. The zero-order valence-corrected chi connectivity index (χ0v) is 10.6. The molecule has 1 aromatic rings. The van der Waals surface area contributed by atoms with E-state index < -0.39 is 0 Å². The lowest BCUT2D eigenvalue weighted by Gasteiger charge is -2.14. The van der Waals surface area contributed by atoms with E-state index in [4.69, 9.17) is 0 Å². The number of nitrogens with zero attached hydrogens (tertiary/aromatic N) is 1. The zero-order chi connectivity index (χ0) is 12.1. The van der Waals surface area contributed by atoms with E-state index in [2.05, 4.69) is 66.3 Å². The molecule has 0 fully saturated rings. The fourth-order valence-electron chi connectivity index (χ4n) is 1.95. The summed E-state index contributed by atoms with van der Waals surface area (Å²) in [7, 11) is 0. The van der Waals surface area contributed by atoms with Gasteiger partial charge in [-0.25, -0.2) is 0 Å². The molecule has 0 aliphatic carbocycles. The Labute approximate surface area is 103 Å². The zero-order valence-electron chi connectivity index (χ0n) is 10.6. The lowest BCUT2D eigenvalue weighted by molar-refractivity contribution is 0.273. The second-order valence-corrected chi connectivity index (χ2v) is 4.92. The maximum absolute atomic E-state index is 3.21. The summed E-state index contributed by atoms with van der Waals surface area (Å²) in [5.74, 6) is 0.685. The fraction of sp³-hybridized carbons (Fsp3) is 0.429. The Morgan fingerprint density at radius 2 is 1.94 bits per heavy atom. The minimum absolute atomic E-state index is 0.685. The van der Waals surface area contributed by atoms with E-state index in [1.165, 1.54) is 11.3 Å². The molecule has 0 aromatic heterocycles. The van der Waals surface area contributed by atoms with Gasteiger partial charge >= 0.3 is 0 Å². The molecule has 1 aromatic carbocycles. The van der Waals surface area contributed by atoms with Crippen molar-refractivity contribution in [1.29, 1.82) is 0 Å². The Balaban J connectivity index is 1.80. The Bertz CT molecular complexity index is 370. The average Bonchev–Trinajstić information content (AvgIpc) is 2.75.